The van der Waals surface area contributed by atoms with Gasteiger partial charge in [0.1, 0.15) is 5.82 Å². The van der Waals surface area contributed by atoms with Crippen molar-refractivity contribution in [2.75, 3.05) is 0 Å². The molecule has 138 valence electrons. The molecule has 0 atom stereocenters. The molecule has 0 aliphatic carbocycles. The molecular formula is C23H17FN2O2. The predicted molar refractivity (Wildman–Crippen MR) is 105 cm³/mol. The lowest BCUT2D eigenvalue weighted by molar-refractivity contribution is 0.582. The van der Waals surface area contributed by atoms with Gasteiger partial charge in [0.15, 0.2) is 5.65 Å². The number of benzene rings is 2. The number of halogens is 1. The Kier molecular flexibility index (Phi) is 4.77. The first-order valence-electron chi connectivity index (χ1n) is 8.86. The van der Waals surface area contributed by atoms with E-state index in [1.807, 2.05) is 30.3 Å². The van der Waals surface area contributed by atoms with Crippen LogP contribution in [0.3, 0.4) is 0 Å². The number of hydrogen-bond acceptors (Lipinski definition) is 3. The Morgan fingerprint density at radius 3 is 2.57 bits per heavy atom. The molecule has 0 aliphatic heterocycles. The quantitative estimate of drug-likeness (QED) is 0.513. The summed E-state index contributed by atoms with van der Waals surface area (Å²) in [6, 6.07) is 16.0. The van der Waals surface area contributed by atoms with Gasteiger partial charge in [-0.15, -0.1) is 0 Å². The molecule has 0 N–H and O–H groups in total. The highest BCUT2D eigenvalue weighted by Crippen LogP contribution is 2.14. The summed E-state index contributed by atoms with van der Waals surface area (Å²) in [6.45, 7) is 0. The van der Waals surface area contributed by atoms with Crippen LogP contribution in [0.5, 0.6) is 0 Å². The molecule has 0 saturated heterocycles. The fourth-order valence-electron chi connectivity index (χ4n) is 3.02. The van der Waals surface area contributed by atoms with Crippen LogP contribution >= 0.6 is 0 Å². The maximum atomic E-state index is 13.1. The molecule has 4 aromatic rings. The van der Waals surface area contributed by atoms with Gasteiger partial charge in [0.25, 0.3) is 5.89 Å². The Morgan fingerprint density at radius 2 is 1.82 bits per heavy atom. The minimum atomic E-state index is -0.305. The van der Waals surface area contributed by atoms with Gasteiger partial charge in [0.2, 0.25) is 11.0 Å². The Labute approximate surface area is 161 Å². The summed E-state index contributed by atoms with van der Waals surface area (Å²) in [6.07, 6.45) is 2.70. The summed E-state index contributed by atoms with van der Waals surface area (Å²) in [5.74, 6) is 5.83. The Hall–Kier alpha value is -3.65. The molecule has 2 aromatic carbocycles. The van der Waals surface area contributed by atoms with Gasteiger partial charge >= 0.3 is 0 Å². The fourth-order valence-corrected chi connectivity index (χ4v) is 3.02. The van der Waals surface area contributed by atoms with Gasteiger partial charge < -0.3 is 8.98 Å². The number of aryl methyl sites for hydroxylation is 1. The number of nitrogens with zero attached hydrogens (tertiary/aromatic N) is 2. The zero-order chi connectivity index (χ0) is 19.5. The second-order valence-electron chi connectivity index (χ2n) is 6.53. The summed E-state index contributed by atoms with van der Waals surface area (Å²) in [5.41, 5.74) is 2.92. The summed E-state index contributed by atoms with van der Waals surface area (Å²) in [5, 5.41) is 0. The molecule has 0 unspecified atom stereocenters. The number of aromatic nitrogens is 2. The number of oxazole rings is 1. The van der Waals surface area contributed by atoms with Crippen molar-refractivity contribution in [3.8, 4) is 11.8 Å². The summed E-state index contributed by atoms with van der Waals surface area (Å²) in [4.78, 5) is 17.1. The topological polar surface area (TPSA) is 48.0 Å². The van der Waals surface area contributed by atoms with Crippen molar-refractivity contribution in [1.29, 1.82) is 0 Å². The standard InChI is InChI=1S/C23H17FN2O2/c1-26-15-18(14-17-10-12-19(24)13-11-17)21(27)22-23(26)25-20(28-22)9-5-8-16-6-3-2-4-7-16/h2-4,6-7,10-13,15H,8,14H2,1H3. The number of rotatable bonds is 3. The van der Waals surface area contributed by atoms with Gasteiger partial charge in [0.05, 0.1) is 0 Å². The van der Waals surface area contributed by atoms with E-state index in [1.54, 1.807) is 29.9 Å². The van der Waals surface area contributed by atoms with E-state index in [9.17, 15) is 9.18 Å². The second-order valence-corrected chi connectivity index (χ2v) is 6.53. The number of hydrogen-bond donors (Lipinski definition) is 0. The van der Waals surface area contributed by atoms with Crippen LogP contribution in [0.1, 0.15) is 22.6 Å². The molecule has 4 rings (SSSR count). The first-order valence-corrected chi connectivity index (χ1v) is 8.86. The average molecular weight is 372 g/mol. The van der Waals surface area contributed by atoms with Crippen molar-refractivity contribution >= 4 is 11.2 Å². The normalized spacial score (nSPS) is 10.6. The van der Waals surface area contributed by atoms with Crippen LogP contribution < -0.4 is 5.43 Å². The van der Waals surface area contributed by atoms with E-state index in [0.29, 0.717) is 24.1 Å². The highest BCUT2D eigenvalue weighted by molar-refractivity contribution is 5.70. The molecule has 0 saturated carbocycles. The zero-order valence-electron chi connectivity index (χ0n) is 15.3. The smallest absolute Gasteiger partial charge is 0.275 e. The zero-order valence-corrected chi connectivity index (χ0v) is 15.3. The minimum absolute atomic E-state index is 0.186. The molecule has 0 spiro atoms. The fraction of sp³-hybridized carbons (Fsp3) is 0.130. The predicted octanol–water partition coefficient (Wildman–Crippen LogP) is 3.85. The van der Waals surface area contributed by atoms with E-state index in [2.05, 4.69) is 16.8 Å². The van der Waals surface area contributed by atoms with Gasteiger partial charge in [-0.05, 0) is 29.2 Å². The van der Waals surface area contributed by atoms with Crippen molar-refractivity contribution < 1.29 is 8.81 Å². The molecule has 0 aliphatic rings. The van der Waals surface area contributed by atoms with Crippen LogP contribution in [0.4, 0.5) is 4.39 Å². The summed E-state index contributed by atoms with van der Waals surface area (Å²) >= 11 is 0. The SMILES string of the molecule is Cn1cc(Cc2ccc(F)cc2)c(=O)c2oc(C#CCc3ccccc3)nc21. The average Bonchev–Trinajstić information content (AvgIpc) is 3.14. The van der Waals surface area contributed by atoms with Crippen LogP contribution in [0.25, 0.3) is 11.2 Å². The van der Waals surface area contributed by atoms with E-state index < -0.39 is 0 Å². The Balaban J connectivity index is 1.64. The molecule has 0 bridgehead atoms. The molecule has 0 fully saturated rings. The first kappa shape index (κ1) is 17.7. The van der Waals surface area contributed by atoms with Gasteiger partial charge in [-0.3, -0.25) is 4.79 Å². The molecule has 4 nitrogen and oxygen atoms in total. The molecule has 0 amide bonds. The summed E-state index contributed by atoms with van der Waals surface area (Å²) < 4.78 is 20.5. The van der Waals surface area contributed by atoms with E-state index >= 15 is 0 Å². The van der Waals surface area contributed by atoms with Crippen molar-refractivity contribution in [1.82, 2.24) is 9.55 Å². The number of pyridine rings is 1. The molecule has 5 heteroatoms. The van der Waals surface area contributed by atoms with Crippen molar-refractivity contribution in [2.45, 2.75) is 12.8 Å². The third kappa shape index (κ3) is 3.72. The maximum absolute atomic E-state index is 13.1. The van der Waals surface area contributed by atoms with E-state index in [4.69, 9.17) is 4.42 Å². The van der Waals surface area contributed by atoms with Gasteiger partial charge in [-0.25, -0.2) is 4.39 Å². The van der Waals surface area contributed by atoms with Crippen LogP contribution in [-0.4, -0.2) is 9.55 Å². The summed E-state index contributed by atoms with van der Waals surface area (Å²) in [7, 11) is 1.81. The monoisotopic (exact) mass is 372 g/mol. The van der Waals surface area contributed by atoms with E-state index in [-0.39, 0.29) is 22.7 Å². The van der Waals surface area contributed by atoms with Crippen molar-refractivity contribution in [3.63, 3.8) is 0 Å². The third-order valence-corrected chi connectivity index (χ3v) is 4.43. The first-order chi connectivity index (χ1) is 13.6. The van der Waals surface area contributed by atoms with Gasteiger partial charge in [0, 0.05) is 31.6 Å². The van der Waals surface area contributed by atoms with Crippen LogP contribution in [0.15, 0.2) is 70.0 Å². The highest BCUT2D eigenvalue weighted by atomic mass is 19.1. The van der Waals surface area contributed by atoms with Crippen LogP contribution in [-0.2, 0) is 19.9 Å². The molecular weight excluding hydrogens is 355 g/mol. The molecule has 0 radical (unpaired) electrons. The van der Waals surface area contributed by atoms with E-state index in [1.165, 1.54) is 12.1 Å². The minimum Gasteiger partial charge on any atom is -0.424 e. The van der Waals surface area contributed by atoms with Crippen LogP contribution in [0.2, 0.25) is 0 Å². The van der Waals surface area contributed by atoms with Crippen molar-refractivity contribution in [2.24, 2.45) is 7.05 Å². The maximum Gasteiger partial charge on any atom is 0.275 e. The Morgan fingerprint density at radius 1 is 1.07 bits per heavy atom. The number of fused-ring (bicyclic) bond motifs is 1. The second kappa shape index (κ2) is 7.53. The largest absolute Gasteiger partial charge is 0.424 e. The lowest BCUT2D eigenvalue weighted by atomic mass is 10.1. The molecule has 28 heavy (non-hydrogen) atoms. The lowest BCUT2D eigenvalue weighted by Crippen LogP contribution is -2.13. The molecule has 2 heterocycles. The Bertz CT molecular complexity index is 1240. The van der Waals surface area contributed by atoms with Crippen molar-refractivity contribution in [3.05, 3.63) is 99.4 Å². The third-order valence-electron chi connectivity index (χ3n) is 4.43. The van der Waals surface area contributed by atoms with Gasteiger partial charge in [-0.2, -0.15) is 4.98 Å². The van der Waals surface area contributed by atoms with Gasteiger partial charge in [-0.1, -0.05) is 48.4 Å². The highest BCUT2D eigenvalue weighted by Gasteiger charge is 2.14. The van der Waals surface area contributed by atoms with E-state index in [0.717, 1.165) is 11.1 Å². The lowest BCUT2D eigenvalue weighted by Gasteiger charge is -2.04. The molecule has 2 aromatic heterocycles. The van der Waals surface area contributed by atoms with Crippen LogP contribution in [0, 0.1) is 17.7 Å².